The second-order valence-corrected chi connectivity index (χ2v) is 5.31. The quantitative estimate of drug-likeness (QED) is 0.642. The van der Waals surface area contributed by atoms with E-state index >= 15 is 0 Å². The third kappa shape index (κ3) is 3.79. The van der Waals surface area contributed by atoms with E-state index in [-0.39, 0.29) is 6.04 Å². The van der Waals surface area contributed by atoms with Crippen LogP contribution in [0.1, 0.15) is 44.5 Å². The van der Waals surface area contributed by atoms with Crippen molar-refractivity contribution in [1.29, 1.82) is 0 Å². The van der Waals surface area contributed by atoms with Gasteiger partial charge in [0, 0.05) is 18.3 Å². The topological polar surface area (TPSA) is 55.6 Å². The lowest BCUT2D eigenvalue weighted by Crippen LogP contribution is -2.33. The number of hydrogen-bond acceptors (Lipinski definition) is 4. The van der Waals surface area contributed by atoms with Crippen LogP contribution in [0.15, 0.2) is 12.1 Å². The summed E-state index contributed by atoms with van der Waals surface area (Å²) in [6.07, 6.45) is 0.959. The predicted octanol–water partition coefficient (Wildman–Crippen LogP) is 3.72. The molecule has 0 aliphatic carbocycles. The number of carbonyl (C=O) groups is 1. The summed E-state index contributed by atoms with van der Waals surface area (Å²) in [7, 11) is 0. The molecule has 0 atom stereocenters. The molecule has 5 heteroatoms. The van der Waals surface area contributed by atoms with Gasteiger partial charge in [0.1, 0.15) is 0 Å². The Hall–Kier alpha value is -1.42. The van der Waals surface area contributed by atoms with E-state index in [2.05, 4.69) is 25.7 Å². The SMILES string of the molecule is CCCN(c1c(Cl)cc(N)cc1C(=O)OCC)C(C)C. The monoisotopic (exact) mass is 298 g/mol. The third-order valence-electron chi connectivity index (χ3n) is 2.96. The average molecular weight is 299 g/mol. The van der Waals surface area contributed by atoms with Gasteiger partial charge in [-0.3, -0.25) is 0 Å². The molecule has 1 rings (SSSR count). The Kier molecular flexibility index (Phi) is 6.14. The summed E-state index contributed by atoms with van der Waals surface area (Å²) in [4.78, 5) is 14.2. The molecule has 112 valence electrons. The van der Waals surface area contributed by atoms with Crippen LogP contribution < -0.4 is 10.6 Å². The number of benzene rings is 1. The molecule has 0 fully saturated rings. The molecule has 1 aromatic rings. The summed E-state index contributed by atoms with van der Waals surface area (Å²) in [5.74, 6) is -0.390. The number of ether oxygens (including phenoxy) is 1. The largest absolute Gasteiger partial charge is 0.462 e. The van der Waals surface area contributed by atoms with Crippen LogP contribution in [0, 0.1) is 0 Å². The van der Waals surface area contributed by atoms with Gasteiger partial charge in [-0.15, -0.1) is 0 Å². The molecular formula is C15H23ClN2O2. The lowest BCUT2D eigenvalue weighted by molar-refractivity contribution is 0.0527. The summed E-state index contributed by atoms with van der Waals surface area (Å²) in [5, 5.41) is 0.482. The minimum Gasteiger partial charge on any atom is -0.462 e. The minimum atomic E-state index is -0.390. The Morgan fingerprint density at radius 1 is 1.40 bits per heavy atom. The Morgan fingerprint density at radius 3 is 2.55 bits per heavy atom. The summed E-state index contributed by atoms with van der Waals surface area (Å²) in [6, 6.07) is 3.53. The van der Waals surface area contributed by atoms with Gasteiger partial charge >= 0.3 is 5.97 Å². The first kappa shape index (κ1) is 16.6. The van der Waals surface area contributed by atoms with Crippen LogP contribution in [0.25, 0.3) is 0 Å². The Balaban J connectivity index is 3.37. The number of nitrogen functional groups attached to an aromatic ring is 1. The van der Waals surface area contributed by atoms with Crippen LogP contribution in [0.3, 0.4) is 0 Å². The molecule has 0 unspecified atom stereocenters. The van der Waals surface area contributed by atoms with Crippen molar-refractivity contribution in [2.24, 2.45) is 0 Å². The van der Waals surface area contributed by atoms with Crippen molar-refractivity contribution in [3.63, 3.8) is 0 Å². The minimum absolute atomic E-state index is 0.226. The zero-order chi connectivity index (χ0) is 15.3. The van der Waals surface area contributed by atoms with Crippen LogP contribution in [0.2, 0.25) is 5.02 Å². The van der Waals surface area contributed by atoms with Crippen molar-refractivity contribution < 1.29 is 9.53 Å². The maximum absolute atomic E-state index is 12.1. The number of esters is 1. The predicted molar refractivity (Wildman–Crippen MR) is 84.6 cm³/mol. The number of rotatable bonds is 6. The highest BCUT2D eigenvalue weighted by atomic mass is 35.5. The summed E-state index contributed by atoms with van der Waals surface area (Å²) in [6.45, 7) is 9.13. The van der Waals surface area contributed by atoms with E-state index < -0.39 is 5.97 Å². The van der Waals surface area contributed by atoms with E-state index in [1.807, 2.05) is 0 Å². The first-order chi connectivity index (χ1) is 9.42. The summed E-state index contributed by atoms with van der Waals surface area (Å²) in [5.41, 5.74) is 7.40. The van der Waals surface area contributed by atoms with Crippen molar-refractivity contribution in [3.8, 4) is 0 Å². The Labute approximate surface area is 125 Å². The van der Waals surface area contributed by atoms with Gasteiger partial charge in [-0.2, -0.15) is 0 Å². The molecule has 1 aromatic carbocycles. The van der Waals surface area contributed by atoms with Gasteiger partial charge in [0.2, 0.25) is 0 Å². The van der Waals surface area contributed by atoms with Crippen LogP contribution in [0.4, 0.5) is 11.4 Å². The van der Waals surface area contributed by atoms with Gasteiger partial charge in [0.25, 0.3) is 0 Å². The first-order valence-corrected chi connectivity index (χ1v) is 7.32. The highest BCUT2D eigenvalue weighted by molar-refractivity contribution is 6.34. The molecule has 0 heterocycles. The number of hydrogen-bond donors (Lipinski definition) is 1. The van der Waals surface area contributed by atoms with E-state index in [1.165, 1.54) is 0 Å². The summed E-state index contributed by atoms with van der Waals surface area (Å²) >= 11 is 6.32. The van der Waals surface area contributed by atoms with Crippen LogP contribution >= 0.6 is 11.6 Å². The molecule has 0 aromatic heterocycles. The van der Waals surface area contributed by atoms with Crippen LogP contribution in [-0.4, -0.2) is 25.2 Å². The van der Waals surface area contributed by atoms with Gasteiger partial charge in [0.05, 0.1) is 22.9 Å². The molecular weight excluding hydrogens is 276 g/mol. The van der Waals surface area contributed by atoms with Crippen molar-refractivity contribution >= 4 is 28.9 Å². The molecule has 0 amide bonds. The molecule has 0 aliphatic heterocycles. The zero-order valence-corrected chi connectivity index (χ0v) is 13.3. The molecule has 4 nitrogen and oxygen atoms in total. The lowest BCUT2D eigenvalue weighted by atomic mass is 10.1. The fraction of sp³-hybridized carbons (Fsp3) is 0.533. The molecule has 0 saturated carbocycles. The highest BCUT2D eigenvalue weighted by Crippen LogP contribution is 2.34. The molecule has 2 N–H and O–H groups in total. The number of nitrogens with zero attached hydrogens (tertiary/aromatic N) is 1. The van der Waals surface area contributed by atoms with E-state index in [9.17, 15) is 4.79 Å². The molecule has 0 radical (unpaired) electrons. The van der Waals surface area contributed by atoms with Crippen LogP contribution in [0.5, 0.6) is 0 Å². The van der Waals surface area contributed by atoms with E-state index in [1.54, 1.807) is 19.1 Å². The lowest BCUT2D eigenvalue weighted by Gasteiger charge is -2.31. The van der Waals surface area contributed by atoms with Crippen molar-refractivity contribution in [2.45, 2.75) is 40.2 Å². The number of halogens is 1. The molecule has 0 saturated heterocycles. The fourth-order valence-electron chi connectivity index (χ4n) is 2.15. The molecule has 0 bridgehead atoms. The normalized spacial score (nSPS) is 10.7. The number of carbonyl (C=O) groups excluding carboxylic acids is 1. The first-order valence-electron chi connectivity index (χ1n) is 6.95. The standard InChI is InChI=1S/C15H23ClN2O2/c1-5-7-18(10(3)4)14-12(15(19)20-6-2)8-11(17)9-13(14)16/h8-10H,5-7,17H2,1-4H3. The number of anilines is 2. The van der Waals surface area contributed by atoms with Crippen molar-refractivity contribution in [1.82, 2.24) is 0 Å². The molecule has 20 heavy (non-hydrogen) atoms. The third-order valence-corrected chi connectivity index (χ3v) is 3.24. The van der Waals surface area contributed by atoms with E-state index in [0.29, 0.717) is 28.6 Å². The fourth-order valence-corrected chi connectivity index (χ4v) is 2.48. The maximum Gasteiger partial charge on any atom is 0.340 e. The van der Waals surface area contributed by atoms with Crippen molar-refractivity contribution in [3.05, 3.63) is 22.7 Å². The highest BCUT2D eigenvalue weighted by Gasteiger charge is 2.23. The summed E-state index contributed by atoms with van der Waals surface area (Å²) < 4.78 is 5.11. The van der Waals surface area contributed by atoms with Crippen molar-refractivity contribution in [2.75, 3.05) is 23.8 Å². The second-order valence-electron chi connectivity index (χ2n) is 4.91. The zero-order valence-electron chi connectivity index (χ0n) is 12.6. The maximum atomic E-state index is 12.1. The van der Waals surface area contributed by atoms with E-state index in [4.69, 9.17) is 22.1 Å². The second kappa shape index (κ2) is 7.39. The molecule has 0 spiro atoms. The van der Waals surface area contributed by atoms with Crippen LogP contribution in [-0.2, 0) is 4.74 Å². The number of nitrogens with two attached hydrogens (primary N) is 1. The molecule has 0 aliphatic rings. The van der Waals surface area contributed by atoms with Gasteiger partial charge in [-0.25, -0.2) is 4.79 Å². The Bertz CT molecular complexity index is 475. The Morgan fingerprint density at radius 2 is 2.05 bits per heavy atom. The van der Waals surface area contributed by atoms with Gasteiger partial charge < -0.3 is 15.4 Å². The van der Waals surface area contributed by atoms with Gasteiger partial charge in [0.15, 0.2) is 0 Å². The van der Waals surface area contributed by atoms with Gasteiger partial charge in [-0.05, 0) is 39.3 Å². The smallest absolute Gasteiger partial charge is 0.340 e. The average Bonchev–Trinajstić information content (AvgIpc) is 2.36. The van der Waals surface area contributed by atoms with Gasteiger partial charge in [-0.1, -0.05) is 18.5 Å². The van der Waals surface area contributed by atoms with E-state index in [0.717, 1.165) is 13.0 Å².